The Morgan fingerprint density at radius 1 is 1.32 bits per heavy atom. The molecule has 0 saturated heterocycles. The van der Waals surface area contributed by atoms with Crippen molar-refractivity contribution in [2.45, 2.75) is 20.3 Å². The van der Waals surface area contributed by atoms with Crippen LogP contribution in [0.5, 0.6) is 0 Å². The minimum absolute atomic E-state index is 0.0695. The lowest BCUT2D eigenvalue weighted by Crippen LogP contribution is -2.37. The summed E-state index contributed by atoms with van der Waals surface area (Å²) in [5.74, 6) is 2.20. The number of benzene rings is 1. The second-order valence-electron chi connectivity index (χ2n) is 4.21. The molecule has 0 bridgehead atoms. The first-order valence-electron chi connectivity index (χ1n) is 6.19. The minimum atomic E-state index is -0.211. The lowest BCUT2D eigenvalue weighted by atomic mass is 10.2. The first-order chi connectivity index (χ1) is 9.06. The van der Waals surface area contributed by atoms with Gasteiger partial charge in [0.2, 0.25) is 11.8 Å². The molecule has 1 N–H and O–H groups in total. The highest BCUT2D eigenvalue weighted by Gasteiger charge is 2.12. The predicted molar refractivity (Wildman–Crippen MR) is 75.6 cm³/mol. The molecular formula is C15H18N2O2. The molecule has 1 aromatic carbocycles. The number of anilines is 1. The molecule has 0 aliphatic heterocycles. The number of carbonyl (C=O) groups excluding carboxylic acids is 2. The van der Waals surface area contributed by atoms with Crippen molar-refractivity contribution in [1.29, 1.82) is 0 Å². The summed E-state index contributed by atoms with van der Waals surface area (Å²) in [6.07, 6.45) is 6.08. The molecule has 0 unspecified atom stereocenters. The Bertz CT molecular complexity index is 486. The topological polar surface area (TPSA) is 49.4 Å². The van der Waals surface area contributed by atoms with Gasteiger partial charge in [-0.05, 0) is 30.7 Å². The normalized spacial score (nSPS) is 9.53. The number of amides is 2. The molecule has 0 saturated carbocycles. The fourth-order valence-electron chi connectivity index (χ4n) is 1.64. The molecule has 0 aliphatic carbocycles. The SMILES string of the molecule is C#Cc1ccc(NC(=O)CN(CCC)C(C)=O)cc1. The van der Waals surface area contributed by atoms with Crippen molar-refractivity contribution in [3.05, 3.63) is 29.8 Å². The third-order valence-electron chi connectivity index (χ3n) is 2.61. The van der Waals surface area contributed by atoms with Crippen LogP contribution in [0.4, 0.5) is 5.69 Å². The fourth-order valence-corrected chi connectivity index (χ4v) is 1.64. The van der Waals surface area contributed by atoms with Crippen molar-refractivity contribution in [2.75, 3.05) is 18.4 Å². The van der Waals surface area contributed by atoms with Gasteiger partial charge < -0.3 is 10.2 Å². The van der Waals surface area contributed by atoms with E-state index in [4.69, 9.17) is 6.42 Å². The van der Waals surface area contributed by atoms with Crippen LogP contribution in [-0.4, -0.2) is 29.8 Å². The molecule has 0 heterocycles. The van der Waals surface area contributed by atoms with E-state index in [0.29, 0.717) is 12.2 Å². The summed E-state index contributed by atoms with van der Waals surface area (Å²) < 4.78 is 0. The van der Waals surface area contributed by atoms with Crippen molar-refractivity contribution in [3.8, 4) is 12.3 Å². The summed E-state index contributed by atoms with van der Waals surface area (Å²) in [6, 6.07) is 6.99. The summed E-state index contributed by atoms with van der Waals surface area (Å²) >= 11 is 0. The highest BCUT2D eigenvalue weighted by Crippen LogP contribution is 2.08. The number of hydrogen-bond donors (Lipinski definition) is 1. The average Bonchev–Trinajstić information content (AvgIpc) is 2.39. The van der Waals surface area contributed by atoms with E-state index in [-0.39, 0.29) is 18.4 Å². The summed E-state index contributed by atoms with van der Waals surface area (Å²) in [5, 5.41) is 2.74. The molecular weight excluding hydrogens is 240 g/mol. The van der Waals surface area contributed by atoms with Crippen LogP contribution >= 0.6 is 0 Å². The second kappa shape index (κ2) is 7.22. The van der Waals surface area contributed by atoms with E-state index in [1.807, 2.05) is 6.92 Å². The van der Waals surface area contributed by atoms with Gasteiger partial charge in [-0.25, -0.2) is 0 Å². The first-order valence-corrected chi connectivity index (χ1v) is 6.19. The van der Waals surface area contributed by atoms with Crippen molar-refractivity contribution >= 4 is 17.5 Å². The number of carbonyl (C=O) groups is 2. The number of nitrogens with zero attached hydrogens (tertiary/aromatic N) is 1. The van der Waals surface area contributed by atoms with E-state index < -0.39 is 0 Å². The summed E-state index contributed by atoms with van der Waals surface area (Å²) in [6.45, 7) is 4.08. The molecule has 1 rings (SSSR count). The smallest absolute Gasteiger partial charge is 0.243 e. The molecule has 1 aromatic rings. The Labute approximate surface area is 113 Å². The molecule has 0 aromatic heterocycles. The monoisotopic (exact) mass is 258 g/mol. The molecule has 0 spiro atoms. The maximum atomic E-state index is 11.8. The molecule has 2 amide bonds. The van der Waals surface area contributed by atoms with Gasteiger partial charge in [-0.1, -0.05) is 12.8 Å². The van der Waals surface area contributed by atoms with Gasteiger partial charge in [0.25, 0.3) is 0 Å². The Morgan fingerprint density at radius 3 is 2.42 bits per heavy atom. The Balaban J connectivity index is 2.58. The molecule has 0 aliphatic rings. The van der Waals surface area contributed by atoms with Gasteiger partial charge in [-0.2, -0.15) is 0 Å². The highest BCUT2D eigenvalue weighted by atomic mass is 16.2. The van der Waals surface area contributed by atoms with Gasteiger partial charge in [0.05, 0.1) is 6.54 Å². The van der Waals surface area contributed by atoms with Crippen LogP contribution in [0.15, 0.2) is 24.3 Å². The van der Waals surface area contributed by atoms with Crippen LogP contribution in [0.1, 0.15) is 25.8 Å². The van der Waals surface area contributed by atoms with Crippen molar-refractivity contribution < 1.29 is 9.59 Å². The molecule has 4 nitrogen and oxygen atoms in total. The zero-order valence-electron chi connectivity index (χ0n) is 11.3. The van der Waals surface area contributed by atoms with Gasteiger partial charge in [0, 0.05) is 24.7 Å². The van der Waals surface area contributed by atoms with Crippen LogP contribution in [0, 0.1) is 12.3 Å². The summed E-state index contributed by atoms with van der Waals surface area (Å²) in [5.41, 5.74) is 1.43. The van der Waals surface area contributed by atoms with Gasteiger partial charge >= 0.3 is 0 Å². The quantitative estimate of drug-likeness (QED) is 0.820. The Morgan fingerprint density at radius 2 is 1.95 bits per heavy atom. The first kappa shape index (κ1) is 14.8. The summed E-state index contributed by atoms with van der Waals surface area (Å²) in [7, 11) is 0. The standard InChI is InChI=1S/C15H18N2O2/c1-4-10-17(12(3)18)11-15(19)16-14-8-6-13(5-2)7-9-14/h2,6-9H,4,10-11H2,1,3H3,(H,16,19). The molecule has 4 heteroatoms. The van der Waals surface area contributed by atoms with Crippen molar-refractivity contribution in [1.82, 2.24) is 4.90 Å². The van der Waals surface area contributed by atoms with Gasteiger partial charge in [0.1, 0.15) is 0 Å². The van der Waals surface area contributed by atoms with E-state index in [1.165, 1.54) is 11.8 Å². The summed E-state index contributed by atoms with van der Waals surface area (Å²) in [4.78, 5) is 24.7. The number of terminal acetylenes is 1. The van der Waals surface area contributed by atoms with E-state index >= 15 is 0 Å². The van der Waals surface area contributed by atoms with Crippen LogP contribution in [-0.2, 0) is 9.59 Å². The maximum Gasteiger partial charge on any atom is 0.243 e. The largest absolute Gasteiger partial charge is 0.334 e. The Hall–Kier alpha value is -2.28. The van der Waals surface area contributed by atoms with E-state index in [1.54, 1.807) is 24.3 Å². The van der Waals surface area contributed by atoms with E-state index in [2.05, 4.69) is 11.2 Å². The number of nitrogens with one attached hydrogen (secondary N) is 1. The lowest BCUT2D eigenvalue weighted by molar-refractivity contribution is -0.132. The Kier molecular flexibility index (Phi) is 5.62. The lowest BCUT2D eigenvalue weighted by Gasteiger charge is -2.19. The van der Waals surface area contributed by atoms with Crippen LogP contribution in [0.3, 0.4) is 0 Å². The minimum Gasteiger partial charge on any atom is -0.334 e. The van der Waals surface area contributed by atoms with Gasteiger partial charge in [0.15, 0.2) is 0 Å². The van der Waals surface area contributed by atoms with Gasteiger partial charge in [-0.15, -0.1) is 6.42 Å². The zero-order valence-corrected chi connectivity index (χ0v) is 11.3. The van der Waals surface area contributed by atoms with Crippen LogP contribution in [0.2, 0.25) is 0 Å². The molecule has 0 fully saturated rings. The zero-order chi connectivity index (χ0) is 14.3. The second-order valence-corrected chi connectivity index (χ2v) is 4.21. The molecule has 19 heavy (non-hydrogen) atoms. The fraction of sp³-hybridized carbons (Fsp3) is 0.333. The highest BCUT2D eigenvalue weighted by molar-refractivity contribution is 5.94. The maximum absolute atomic E-state index is 11.8. The van der Waals surface area contributed by atoms with Crippen molar-refractivity contribution in [2.24, 2.45) is 0 Å². The van der Waals surface area contributed by atoms with E-state index in [0.717, 1.165) is 12.0 Å². The van der Waals surface area contributed by atoms with Crippen LogP contribution < -0.4 is 5.32 Å². The number of rotatable bonds is 5. The number of hydrogen-bond acceptors (Lipinski definition) is 2. The van der Waals surface area contributed by atoms with Crippen LogP contribution in [0.25, 0.3) is 0 Å². The molecule has 0 atom stereocenters. The third kappa shape index (κ3) is 4.84. The predicted octanol–water partition coefficient (Wildman–Crippen LogP) is 1.86. The molecule has 0 radical (unpaired) electrons. The molecule has 100 valence electrons. The average molecular weight is 258 g/mol. The van der Waals surface area contributed by atoms with Crippen molar-refractivity contribution in [3.63, 3.8) is 0 Å². The van der Waals surface area contributed by atoms with Gasteiger partial charge in [-0.3, -0.25) is 9.59 Å². The third-order valence-corrected chi connectivity index (χ3v) is 2.61. The van der Waals surface area contributed by atoms with E-state index in [9.17, 15) is 9.59 Å².